The number of aromatic nitrogens is 2. The van der Waals surface area contributed by atoms with E-state index in [0.717, 1.165) is 24.1 Å². The highest BCUT2D eigenvalue weighted by molar-refractivity contribution is 5.95. The normalized spacial score (nSPS) is 13.7. The van der Waals surface area contributed by atoms with Crippen molar-refractivity contribution >= 4 is 5.91 Å². The average molecular weight is 343 g/mol. The number of hydrogen-bond donors (Lipinski definition) is 1. The van der Waals surface area contributed by atoms with Gasteiger partial charge in [-0.15, -0.1) is 0 Å². The Morgan fingerprint density at radius 1 is 1.36 bits per heavy atom. The first-order valence-corrected chi connectivity index (χ1v) is 8.69. The Morgan fingerprint density at radius 2 is 2.20 bits per heavy atom. The molecule has 0 fully saturated rings. The standard InChI is InChI=1S/C19H25N3O3/c1-13(2)7-9-25-17-5-4-14(10-18(17)24-3)19(23)22-8-6-16-15(12-22)11-20-21-16/h4-5,10-11,13H,6-9,12H2,1-3H3,(H,20,21). The molecular formula is C19H25N3O3. The number of methoxy groups -OCH3 is 1. The quantitative estimate of drug-likeness (QED) is 0.875. The fraction of sp³-hybridized carbons (Fsp3) is 0.474. The second-order valence-corrected chi connectivity index (χ2v) is 6.75. The molecule has 2 heterocycles. The summed E-state index contributed by atoms with van der Waals surface area (Å²) in [5.74, 6) is 1.85. The third-order valence-electron chi connectivity index (χ3n) is 4.45. The minimum atomic E-state index is -0.00104. The highest BCUT2D eigenvalue weighted by Crippen LogP contribution is 2.29. The van der Waals surface area contributed by atoms with Crippen molar-refractivity contribution in [1.82, 2.24) is 15.1 Å². The molecule has 0 unspecified atom stereocenters. The van der Waals surface area contributed by atoms with Crippen LogP contribution >= 0.6 is 0 Å². The van der Waals surface area contributed by atoms with Gasteiger partial charge in [0.1, 0.15) is 0 Å². The van der Waals surface area contributed by atoms with Crippen molar-refractivity contribution in [2.75, 3.05) is 20.3 Å². The van der Waals surface area contributed by atoms with Crippen molar-refractivity contribution in [3.05, 3.63) is 41.2 Å². The molecule has 134 valence electrons. The minimum absolute atomic E-state index is 0.00104. The van der Waals surface area contributed by atoms with Gasteiger partial charge in [0.2, 0.25) is 0 Å². The highest BCUT2D eigenvalue weighted by Gasteiger charge is 2.23. The maximum absolute atomic E-state index is 12.8. The van der Waals surface area contributed by atoms with E-state index >= 15 is 0 Å². The molecular weight excluding hydrogens is 318 g/mol. The van der Waals surface area contributed by atoms with Gasteiger partial charge in [-0.25, -0.2) is 0 Å². The van der Waals surface area contributed by atoms with Crippen molar-refractivity contribution in [2.45, 2.75) is 33.2 Å². The van der Waals surface area contributed by atoms with E-state index in [1.54, 1.807) is 25.4 Å². The van der Waals surface area contributed by atoms with Crippen LogP contribution in [0.15, 0.2) is 24.4 Å². The van der Waals surface area contributed by atoms with Gasteiger partial charge in [-0.05, 0) is 30.5 Å². The molecule has 3 rings (SSSR count). The summed E-state index contributed by atoms with van der Waals surface area (Å²) in [7, 11) is 1.59. The molecule has 1 aromatic heterocycles. The van der Waals surface area contributed by atoms with Gasteiger partial charge in [0.15, 0.2) is 11.5 Å². The van der Waals surface area contributed by atoms with Crippen LogP contribution in [0.2, 0.25) is 0 Å². The molecule has 1 aliphatic rings. The number of nitrogens with one attached hydrogen (secondary N) is 1. The molecule has 2 aromatic rings. The third-order valence-corrected chi connectivity index (χ3v) is 4.45. The Kier molecular flexibility index (Phi) is 5.26. The molecule has 0 saturated heterocycles. The van der Waals surface area contributed by atoms with E-state index in [1.165, 1.54) is 0 Å². The lowest BCUT2D eigenvalue weighted by Gasteiger charge is -2.26. The van der Waals surface area contributed by atoms with E-state index in [-0.39, 0.29) is 5.91 Å². The van der Waals surface area contributed by atoms with Gasteiger partial charge in [-0.2, -0.15) is 5.10 Å². The summed E-state index contributed by atoms with van der Waals surface area (Å²) >= 11 is 0. The van der Waals surface area contributed by atoms with Gasteiger partial charge in [-0.3, -0.25) is 9.89 Å². The Labute approximate surface area is 148 Å². The number of hydrogen-bond acceptors (Lipinski definition) is 4. The van der Waals surface area contributed by atoms with E-state index in [1.807, 2.05) is 11.0 Å². The number of aromatic amines is 1. The summed E-state index contributed by atoms with van der Waals surface area (Å²) in [6.45, 7) is 6.22. The summed E-state index contributed by atoms with van der Waals surface area (Å²) in [5.41, 5.74) is 2.82. The number of nitrogens with zero attached hydrogens (tertiary/aromatic N) is 2. The summed E-state index contributed by atoms with van der Waals surface area (Å²) in [5, 5.41) is 7.04. The molecule has 0 radical (unpaired) electrons. The van der Waals surface area contributed by atoms with E-state index in [0.29, 0.717) is 42.7 Å². The summed E-state index contributed by atoms with van der Waals surface area (Å²) < 4.78 is 11.2. The maximum atomic E-state index is 12.8. The Bertz CT molecular complexity index is 739. The Morgan fingerprint density at radius 3 is 2.96 bits per heavy atom. The first-order chi connectivity index (χ1) is 12.1. The lowest BCUT2D eigenvalue weighted by Crippen LogP contribution is -2.35. The lowest BCUT2D eigenvalue weighted by atomic mass is 10.1. The number of amides is 1. The molecule has 25 heavy (non-hydrogen) atoms. The first-order valence-electron chi connectivity index (χ1n) is 8.69. The van der Waals surface area contributed by atoms with E-state index in [9.17, 15) is 4.79 Å². The van der Waals surface area contributed by atoms with Crippen LogP contribution in [-0.2, 0) is 13.0 Å². The number of carbonyl (C=O) groups excluding carboxylic acids is 1. The topological polar surface area (TPSA) is 67.5 Å². The number of ether oxygens (including phenoxy) is 2. The van der Waals surface area contributed by atoms with Crippen LogP contribution in [0.25, 0.3) is 0 Å². The van der Waals surface area contributed by atoms with Gasteiger partial charge >= 0.3 is 0 Å². The van der Waals surface area contributed by atoms with Gasteiger partial charge < -0.3 is 14.4 Å². The highest BCUT2D eigenvalue weighted by atomic mass is 16.5. The molecule has 6 nitrogen and oxygen atoms in total. The van der Waals surface area contributed by atoms with E-state index < -0.39 is 0 Å². The SMILES string of the molecule is COc1cc(C(=O)N2CCc3[nH]ncc3C2)ccc1OCCC(C)C. The monoisotopic (exact) mass is 343 g/mol. The van der Waals surface area contributed by atoms with Crippen LogP contribution < -0.4 is 9.47 Å². The van der Waals surface area contributed by atoms with Crippen LogP contribution in [0.3, 0.4) is 0 Å². The largest absolute Gasteiger partial charge is 0.493 e. The zero-order valence-electron chi connectivity index (χ0n) is 15.0. The summed E-state index contributed by atoms with van der Waals surface area (Å²) in [6.07, 6.45) is 3.57. The lowest BCUT2D eigenvalue weighted by molar-refractivity contribution is 0.0734. The molecule has 0 aliphatic carbocycles. The van der Waals surface area contributed by atoms with Crippen molar-refractivity contribution < 1.29 is 14.3 Å². The minimum Gasteiger partial charge on any atom is -0.493 e. The first kappa shape index (κ1) is 17.3. The van der Waals surface area contributed by atoms with Crippen molar-refractivity contribution in [2.24, 2.45) is 5.92 Å². The van der Waals surface area contributed by atoms with Crippen LogP contribution in [0.5, 0.6) is 11.5 Å². The molecule has 1 aliphatic heterocycles. The predicted octanol–water partition coefficient (Wildman–Crippen LogP) is 3.04. The Balaban J connectivity index is 1.71. The number of H-pyrrole nitrogens is 1. The fourth-order valence-corrected chi connectivity index (χ4v) is 2.90. The van der Waals surface area contributed by atoms with Crippen LogP contribution in [0.1, 0.15) is 41.9 Å². The molecule has 0 atom stereocenters. The smallest absolute Gasteiger partial charge is 0.254 e. The molecule has 1 aromatic carbocycles. The van der Waals surface area contributed by atoms with E-state index in [2.05, 4.69) is 24.0 Å². The molecule has 1 amide bonds. The predicted molar refractivity (Wildman–Crippen MR) is 95.0 cm³/mol. The van der Waals surface area contributed by atoms with Crippen molar-refractivity contribution in [3.63, 3.8) is 0 Å². The van der Waals surface area contributed by atoms with E-state index in [4.69, 9.17) is 9.47 Å². The van der Waals surface area contributed by atoms with Gasteiger partial charge in [0, 0.05) is 36.3 Å². The maximum Gasteiger partial charge on any atom is 0.254 e. The summed E-state index contributed by atoms with van der Waals surface area (Å²) in [4.78, 5) is 14.7. The molecule has 0 bridgehead atoms. The van der Waals surface area contributed by atoms with Gasteiger partial charge in [0.05, 0.1) is 19.9 Å². The average Bonchev–Trinajstić information content (AvgIpc) is 3.08. The number of benzene rings is 1. The summed E-state index contributed by atoms with van der Waals surface area (Å²) in [6, 6.07) is 5.39. The van der Waals surface area contributed by atoms with Crippen LogP contribution in [0.4, 0.5) is 0 Å². The fourth-order valence-electron chi connectivity index (χ4n) is 2.90. The number of carbonyl (C=O) groups is 1. The van der Waals surface area contributed by atoms with Crippen molar-refractivity contribution in [1.29, 1.82) is 0 Å². The zero-order valence-corrected chi connectivity index (χ0v) is 15.0. The Hall–Kier alpha value is -2.50. The van der Waals surface area contributed by atoms with Crippen molar-refractivity contribution in [3.8, 4) is 11.5 Å². The van der Waals surface area contributed by atoms with Crippen LogP contribution in [-0.4, -0.2) is 41.3 Å². The number of rotatable bonds is 6. The van der Waals surface area contributed by atoms with Gasteiger partial charge in [0.25, 0.3) is 5.91 Å². The second-order valence-electron chi connectivity index (χ2n) is 6.75. The molecule has 6 heteroatoms. The second kappa shape index (κ2) is 7.59. The zero-order chi connectivity index (χ0) is 17.8. The number of fused-ring (bicyclic) bond motifs is 1. The third kappa shape index (κ3) is 3.95. The molecule has 0 spiro atoms. The van der Waals surface area contributed by atoms with Crippen LogP contribution in [0, 0.1) is 5.92 Å². The molecule has 0 saturated carbocycles. The molecule has 1 N–H and O–H groups in total. The van der Waals surface area contributed by atoms with Gasteiger partial charge in [-0.1, -0.05) is 13.8 Å².